The third kappa shape index (κ3) is 2.13. The third-order valence-electron chi connectivity index (χ3n) is 3.34. The first-order valence-electron chi connectivity index (χ1n) is 5.95. The van der Waals surface area contributed by atoms with E-state index in [2.05, 4.69) is 20.2 Å². The van der Waals surface area contributed by atoms with Crippen molar-refractivity contribution in [3.8, 4) is 0 Å². The Morgan fingerprint density at radius 2 is 2.06 bits per heavy atom. The van der Waals surface area contributed by atoms with Gasteiger partial charge in [0.25, 0.3) is 0 Å². The van der Waals surface area contributed by atoms with E-state index in [0.717, 1.165) is 19.6 Å². The number of piperazine rings is 1. The summed E-state index contributed by atoms with van der Waals surface area (Å²) >= 11 is 0. The van der Waals surface area contributed by atoms with E-state index in [1.165, 1.54) is 12.4 Å². The first-order valence-corrected chi connectivity index (χ1v) is 5.95. The van der Waals surface area contributed by atoms with E-state index >= 15 is 0 Å². The maximum Gasteiger partial charge on any atom is 0.234 e. The van der Waals surface area contributed by atoms with Gasteiger partial charge in [0, 0.05) is 32.2 Å². The van der Waals surface area contributed by atoms with E-state index in [1.807, 2.05) is 4.90 Å². The van der Waals surface area contributed by atoms with Gasteiger partial charge in [0.1, 0.15) is 0 Å². The van der Waals surface area contributed by atoms with Crippen molar-refractivity contribution < 1.29 is 9.18 Å². The minimum Gasteiger partial charge on any atom is -0.354 e. The van der Waals surface area contributed by atoms with Gasteiger partial charge in [0.05, 0.1) is 18.9 Å². The van der Waals surface area contributed by atoms with Crippen LogP contribution in [0.1, 0.15) is 0 Å². The summed E-state index contributed by atoms with van der Waals surface area (Å²) in [6.45, 7) is 3.64. The van der Waals surface area contributed by atoms with Crippen molar-refractivity contribution in [1.82, 2.24) is 20.2 Å². The molecule has 0 unspecified atom stereocenters. The molecule has 3 rings (SSSR count). The van der Waals surface area contributed by atoms with E-state index in [9.17, 15) is 9.18 Å². The van der Waals surface area contributed by atoms with Crippen LogP contribution in [-0.4, -0.2) is 59.5 Å². The standard InChI is InChI=1S/C11H14FN5O/c12-8-3-14-11(15-4-8)17-5-9(6-17)16-2-1-13-10(18)7-16/h3-4,9H,1-2,5-7H2,(H,13,18). The van der Waals surface area contributed by atoms with Crippen molar-refractivity contribution in [2.45, 2.75) is 6.04 Å². The highest BCUT2D eigenvalue weighted by Gasteiger charge is 2.35. The second-order valence-corrected chi connectivity index (χ2v) is 4.58. The molecule has 0 spiro atoms. The average molecular weight is 251 g/mol. The van der Waals surface area contributed by atoms with Crippen molar-refractivity contribution in [2.75, 3.05) is 37.6 Å². The maximum absolute atomic E-state index is 12.7. The van der Waals surface area contributed by atoms with Gasteiger partial charge in [-0.3, -0.25) is 9.69 Å². The Kier molecular flexibility index (Phi) is 2.83. The smallest absolute Gasteiger partial charge is 0.234 e. The Bertz CT molecular complexity index is 445. The molecule has 3 heterocycles. The number of nitrogens with zero attached hydrogens (tertiary/aromatic N) is 4. The minimum atomic E-state index is -0.427. The fourth-order valence-electron chi connectivity index (χ4n) is 2.29. The van der Waals surface area contributed by atoms with Crippen LogP contribution in [0.25, 0.3) is 0 Å². The molecule has 0 bridgehead atoms. The van der Waals surface area contributed by atoms with Crippen LogP contribution in [0.2, 0.25) is 0 Å². The lowest BCUT2D eigenvalue weighted by Crippen LogP contribution is -2.64. The van der Waals surface area contributed by atoms with Gasteiger partial charge in [-0.1, -0.05) is 0 Å². The number of hydrogen-bond acceptors (Lipinski definition) is 5. The van der Waals surface area contributed by atoms with Gasteiger partial charge in [-0.05, 0) is 0 Å². The molecule has 0 atom stereocenters. The molecule has 2 aliphatic rings. The lowest BCUT2D eigenvalue weighted by Gasteiger charge is -2.46. The maximum atomic E-state index is 12.7. The molecule has 18 heavy (non-hydrogen) atoms. The molecule has 0 aliphatic carbocycles. The number of carbonyl (C=O) groups is 1. The van der Waals surface area contributed by atoms with Crippen LogP contribution in [0.4, 0.5) is 10.3 Å². The van der Waals surface area contributed by atoms with Crippen LogP contribution in [0.3, 0.4) is 0 Å². The SMILES string of the molecule is O=C1CN(C2CN(c3ncc(F)cn3)C2)CCN1. The number of nitrogens with one attached hydrogen (secondary N) is 1. The largest absolute Gasteiger partial charge is 0.354 e. The summed E-state index contributed by atoms with van der Waals surface area (Å²) in [6.07, 6.45) is 2.34. The predicted molar refractivity (Wildman–Crippen MR) is 62.6 cm³/mol. The highest BCUT2D eigenvalue weighted by Crippen LogP contribution is 2.20. The average Bonchev–Trinajstić information content (AvgIpc) is 2.30. The van der Waals surface area contributed by atoms with E-state index in [-0.39, 0.29) is 5.91 Å². The monoisotopic (exact) mass is 251 g/mol. The lowest BCUT2D eigenvalue weighted by atomic mass is 10.1. The number of amides is 1. The fourth-order valence-corrected chi connectivity index (χ4v) is 2.29. The Morgan fingerprint density at radius 1 is 1.33 bits per heavy atom. The van der Waals surface area contributed by atoms with Gasteiger partial charge < -0.3 is 10.2 Å². The van der Waals surface area contributed by atoms with Gasteiger partial charge >= 0.3 is 0 Å². The summed E-state index contributed by atoms with van der Waals surface area (Å²) in [4.78, 5) is 23.3. The van der Waals surface area contributed by atoms with Crippen LogP contribution in [-0.2, 0) is 4.79 Å². The molecule has 2 aliphatic heterocycles. The van der Waals surface area contributed by atoms with E-state index < -0.39 is 5.82 Å². The number of anilines is 1. The summed E-state index contributed by atoms with van der Waals surface area (Å²) in [5, 5.41) is 2.80. The molecule has 1 N–H and O–H groups in total. The summed E-state index contributed by atoms with van der Waals surface area (Å²) in [7, 11) is 0. The molecule has 1 aromatic rings. The molecule has 1 amide bonds. The molecular weight excluding hydrogens is 237 g/mol. The van der Waals surface area contributed by atoms with Crippen LogP contribution >= 0.6 is 0 Å². The molecule has 0 saturated carbocycles. The van der Waals surface area contributed by atoms with Gasteiger partial charge in [0.2, 0.25) is 11.9 Å². The summed E-state index contributed by atoms with van der Waals surface area (Å²) in [5.74, 6) is 0.204. The van der Waals surface area contributed by atoms with E-state index in [0.29, 0.717) is 25.1 Å². The second kappa shape index (κ2) is 4.49. The van der Waals surface area contributed by atoms with Crippen LogP contribution in [0.15, 0.2) is 12.4 Å². The zero-order valence-corrected chi connectivity index (χ0v) is 9.84. The zero-order valence-electron chi connectivity index (χ0n) is 9.84. The van der Waals surface area contributed by atoms with Gasteiger partial charge in [-0.2, -0.15) is 0 Å². The zero-order chi connectivity index (χ0) is 12.5. The van der Waals surface area contributed by atoms with Crippen molar-refractivity contribution >= 4 is 11.9 Å². The molecule has 2 saturated heterocycles. The number of carbonyl (C=O) groups excluding carboxylic acids is 1. The minimum absolute atomic E-state index is 0.0812. The molecule has 6 nitrogen and oxygen atoms in total. The molecule has 96 valence electrons. The van der Waals surface area contributed by atoms with E-state index in [4.69, 9.17) is 0 Å². The molecule has 2 fully saturated rings. The fraction of sp³-hybridized carbons (Fsp3) is 0.545. The van der Waals surface area contributed by atoms with Gasteiger partial charge in [-0.15, -0.1) is 0 Å². The third-order valence-corrected chi connectivity index (χ3v) is 3.34. The number of aromatic nitrogens is 2. The second-order valence-electron chi connectivity index (χ2n) is 4.58. The first kappa shape index (κ1) is 11.3. The molecular formula is C11H14FN5O. The van der Waals surface area contributed by atoms with Crippen molar-refractivity contribution in [1.29, 1.82) is 0 Å². The predicted octanol–water partition coefficient (Wildman–Crippen LogP) is -0.764. The normalized spacial score (nSPS) is 21.6. The topological polar surface area (TPSA) is 61.4 Å². The number of rotatable bonds is 2. The molecule has 0 radical (unpaired) electrons. The van der Waals surface area contributed by atoms with Crippen molar-refractivity contribution in [3.63, 3.8) is 0 Å². The lowest BCUT2D eigenvalue weighted by molar-refractivity contribution is -0.125. The highest BCUT2D eigenvalue weighted by atomic mass is 19.1. The quantitative estimate of drug-likeness (QED) is 0.748. The van der Waals surface area contributed by atoms with Crippen molar-refractivity contribution in [3.05, 3.63) is 18.2 Å². The van der Waals surface area contributed by atoms with Crippen molar-refractivity contribution in [2.24, 2.45) is 0 Å². The Hall–Kier alpha value is -1.76. The number of hydrogen-bond donors (Lipinski definition) is 1. The summed E-state index contributed by atoms with van der Waals surface area (Å²) < 4.78 is 12.7. The summed E-state index contributed by atoms with van der Waals surface area (Å²) in [5.41, 5.74) is 0. The first-order chi connectivity index (χ1) is 8.72. The van der Waals surface area contributed by atoms with Crippen LogP contribution in [0.5, 0.6) is 0 Å². The Balaban J connectivity index is 1.56. The van der Waals surface area contributed by atoms with E-state index in [1.54, 1.807) is 0 Å². The van der Waals surface area contributed by atoms with Gasteiger partial charge in [-0.25, -0.2) is 14.4 Å². The Morgan fingerprint density at radius 3 is 2.72 bits per heavy atom. The highest BCUT2D eigenvalue weighted by molar-refractivity contribution is 5.78. The van der Waals surface area contributed by atoms with Crippen LogP contribution in [0, 0.1) is 5.82 Å². The molecule has 1 aromatic heterocycles. The Labute approximate surface area is 104 Å². The summed E-state index contributed by atoms with van der Waals surface area (Å²) in [6, 6.07) is 0.365. The molecule has 7 heteroatoms. The van der Waals surface area contributed by atoms with Crippen LogP contribution < -0.4 is 10.2 Å². The van der Waals surface area contributed by atoms with Gasteiger partial charge in [0.15, 0.2) is 5.82 Å². The number of halogens is 1. The molecule has 0 aromatic carbocycles.